The predicted molar refractivity (Wildman–Crippen MR) is 91.6 cm³/mol. The molecule has 1 fully saturated rings. The van der Waals surface area contributed by atoms with Crippen LogP contribution in [0, 0.1) is 0 Å². The van der Waals surface area contributed by atoms with E-state index in [2.05, 4.69) is 51.6 Å². The van der Waals surface area contributed by atoms with Gasteiger partial charge in [0.25, 0.3) is 5.91 Å². The fourth-order valence-electron chi connectivity index (χ4n) is 3.05. The number of carbonyl (C=O) groups is 1. The number of morpholine rings is 1. The number of aromatic nitrogens is 2. The summed E-state index contributed by atoms with van der Waals surface area (Å²) in [4.78, 5) is 14.6. The minimum atomic E-state index is -0.136. The second-order valence-corrected chi connectivity index (χ2v) is 6.09. The summed E-state index contributed by atoms with van der Waals surface area (Å²) < 4.78 is 5.93. The number of carbonyl (C=O) groups excluding carboxylic acids is 1. The van der Waals surface area contributed by atoms with Gasteiger partial charge in [0.15, 0.2) is 0 Å². The van der Waals surface area contributed by atoms with Crippen LogP contribution in [-0.4, -0.2) is 52.8 Å². The van der Waals surface area contributed by atoms with Gasteiger partial charge in [0.2, 0.25) is 0 Å². The average molecular weight is 328 g/mol. The molecular formula is C18H24N4O2. The Morgan fingerprint density at radius 2 is 2.25 bits per heavy atom. The molecule has 0 bridgehead atoms. The molecule has 2 N–H and O–H groups in total. The lowest BCUT2D eigenvalue weighted by Crippen LogP contribution is -2.53. The van der Waals surface area contributed by atoms with Crippen LogP contribution >= 0.6 is 0 Å². The number of hydrogen-bond donors (Lipinski definition) is 2. The monoisotopic (exact) mass is 328 g/mol. The zero-order valence-electron chi connectivity index (χ0n) is 13.9. The van der Waals surface area contributed by atoms with Crippen molar-refractivity contribution in [2.24, 2.45) is 0 Å². The van der Waals surface area contributed by atoms with Crippen molar-refractivity contribution in [1.29, 1.82) is 0 Å². The first-order chi connectivity index (χ1) is 11.8. The highest BCUT2D eigenvalue weighted by Crippen LogP contribution is 2.15. The van der Waals surface area contributed by atoms with Crippen molar-refractivity contribution in [2.45, 2.75) is 32.0 Å². The van der Waals surface area contributed by atoms with Crippen LogP contribution in [0.2, 0.25) is 0 Å². The van der Waals surface area contributed by atoms with Crippen molar-refractivity contribution in [3.8, 4) is 0 Å². The van der Waals surface area contributed by atoms with Crippen LogP contribution in [0.4, 0.5) is 0 Å². The second-order valence-electron chi connectivity index (χ2n) is 6.09. The van der Waals surface area contributed by atoms with Crippen molar-refractivity contribution in [2.75, 3.05) is 19.7 Å². The van der Waals surface area contributed by atoms with Crippen LogP contribution in [-0.2, 0) is 11.3 Å². The second kappa shape index (κ2) is 8.08. The molecule has 3 rings (SSSR count). The molecule has 2 unspecified atom stereocenters. The zero-order chi connectivity index (χ0) is 16.8. The summed E-state index contributed by atoms with van der Waals surface area (Å²) in [7, 11) is 0. The maximum Gasteiger partial charge on any atom is 0.269 e. The van der Waals surface area contributed by atoms with E-state index in [-0.39, 0.29) is 18.1 Å². The van der Waals surface area contributed by atoms with Crippen molar-refractivity contribution in [1.82, 2.24) is 20.4 Å². The maximum absolute atomic E-state index is 12.2. The van der Waals surface area contributed by atoms with Gasteiger partial charge in [0, 0.05) is 25.8 Å². The molecule has 2 heterocycles. The first kappa shape index (κ1) is 16.7. The third kappa shape index (κ3) is 4.21. The Morgan fingerprint density at radius 3 is 2.96 bits per heavy atom. The van der Waals surface area contributed by atoms with E-state index in [0.29, 0.717) is 12.3 Å². The molecule has 128 valence electrons. The van der Waals surface area contributed by atoms with E-state index < -0.39 is 0 Å². The molecule has 24 heavy (non-hydrogen) atoms. The van der Waals surface area contributed by atoms with Gasteiger partial charge >= 0.3 is 0 Å². The molecule has 2 aromatic rings. The third-order valence-electron chi connectivity index (χ3n) is 4.38. The quantitative estimate of drug-likeness (QED) is 0.848. The van der Waals surface area contributed by atoms with Crippen LogP contribution in [0.1, 0.15) is 29.4 Å². The SMILES string of the molecule is CCC(NC(=O)c1ccn[nH]1)C1CN(Cc2ccccc2)CCO1. The summed E-state index contributed by atoms with van der Waals surface area (Å²) in [5.41, 5.74) is 1.78. The Hall–Kier alpha value is -2.18. The summed E-state index contributed by atoms with van der Waals surface area (Å²) >= 11 is 0. The molecule has 1 aromatic carbocycles. The number of ether oxygens (including phenoxy) is 1. The van der Waals surface area contributed by atoms with Gasteiger partial charge in [-0.1, -0.05) is 37.3 Å². The number of amides is 1. The molecule has 1 amide bonds. The third-order valence-corrected chi connectivity index (χ3v) is 4.38. The van der Waals surface area contributed by atoms with Gasteiger partial charge < -0.3 is 10.1 Å². The Labute approximate surface area is 142 Å². The van der Waals surface area contributed by atoms with Gasteiger partial charge in [0.05, 0.1) is 18.8 Å². The average Bonchev–Trinajstić information content (AvgIpc) is 3.15. The van der Waals surface area contributed by atoms with E-state index in [1.54, 1.807) is 12.3 Å². The summed E-state index contributed by atoms with van der Waals surface area (Å²) in [6.07, 6.45) is 2.40. The molecule has 0 spiro atoms. The van der Waals surface area contributed by atoms with Crippen LogP contribution in [0.3, 0.4) is 0 Å². The molecule has 1 aromatic heterocycles. The summed E-state index contributed by atoms with van der Waals surface area (Å²) in [5, 5.41) is 9.58. The van der Waals surface area contributed by atoms with E-state index in [1.165, 1.54) is 5.56 Å². The fraction of sp³-hybridized carbons (Fsp3) is 0.444. The summed E-state index contributed by atoms with van der Waals surface area (Å²) in [6, 6.07) is 12.1. The van der Waals surface area contributed by atoms with Gasteiger partial charge in [-0.05, 0) is 18.1 Å². The highest BCUT2D eigenvalue weighted by molar-refractivity contribution is 5.92. The molecule has 2 atom stereocenters. The smallest absolute Gasteiger partial charge is 0.269 e. The van der Waals surface area contributed by atoms with Gasteiger partial charge in [-0.15, -0.1) is 0 Å². The lowest BCUT2D eigenvalue weighted by atomic mass is 10.1. The largest absolute Gasteiger partial charge is 0.373 e. The molecular weight excluding hydrogens is 304 g/mol. The minimum absolute atomic E-state index is 0.000617. The van der Waals surface area contributed by atoms with E-state index in [1.807, 2.05) is 6.07 Å². The van der Waals surface area contributed by atoms with E-state index in [9.17, 15) is 4.79 Å². The first-order valence-electron chi connectivity index (χ1n) is 8.44. The molecule has 0 saturated carbocycles. The normalized spacial score (nSPS) is 19.8. The lowest BCUT2D eigenvalue weighted by Gasteiger charge is -2.37. The number of benzene rings is 1. The van der Waals surface area contributed by atoms with Crippen LogP contribution < -0.4 is 5.32 Å². The molecule has 1 aliphatic heterocycles. The van der Waals surface area contributed by atoms with Gasteiger partial charge in [0.1, 0.15) is 5.69 Å². The maximum atomic E-state index is 12.2. The summed E-state index contributed by atoms with van der Waals surface area (Å²) in [6.45, 7) is 5.39. The minimum Gasteiger partial charge on any atom is -0.373 e. The van der Waals surface area contributed by atoms with Crippen molar-refractivity contribution >= 4 is 5.91 Å². The highest BCUT2D eigenvalue weighted by Gasteiger charge is 2.28. The number of aromatic amines is 1. The number of nitrogens with one attached hydrogen (secondary N) is 2. The number of rotatable bonds is 6. The Balaban J connectivity index is 1.58. The zero-order valence-corrected chi connectivity index (χ0v) is 13.9. The van der Waals surface area contributed by atoms with E-state index >= 15 is 0 Å². The Kier molecular flexibility index (Phi) is 5.61. The van der Waals surface area contributed by atoms with E-state index in [0.717, 1.165) is 26.1 Å². The standard InChI is InChI=1S/C18H24N4O2/c1-2-15(20-18(23)16-8-9-19-21-16)17-13-22(10-11-24-17)12-14-6-4-3-5-7-14/h3-9,15,17H,2,10-13H2,1H3,(H,19,21)(H,20,23). The predicted octanol–water partition coefficient (Wildman–Crippen LogP) is 1.82. The molecule has 1 aliphatic rings. The summed E-state index contributed by atoms with van der Waals surface area (Å²) in [5.74, 6) is -0.136. The molecule has 6 nitrogen and oxygen atoms in total. The van der Waals surface area contributed by atoms with Crippen molar-refractivity contribution in [3.05, 3.63) is 53.9 Å². The molecule has 1 saturated heterocycles. The van der Waals surface area contributed by atoms with Crippen LogP contribution in [0.15, 0.2) is 42.6 Å². The van der Waals surface area contributed by atoms with Crippen LogP contribution in [0.5, 0.6) is 0 Å². The van der Waals surface area contributed by atoms with Crippen molar-refractivity contribution < 1.29 is 9.53 Å². The van der Waals surface area contributed by atoms with Crippen molar-refractivity contribution in [3.63, 3.8) is 0 Å². The first-order valence-corrected chi connectivity index (χ1v) is 8.44. The molecule has 6 heteroatoms. The fourth-order valence-corrected chi connectivity index (χ4v) is 3.05. The Morgan fingerprint density at radius 1 is 1.42 bits per heavy atom. The molecule has 0 radical (unpaired) electrons. The number of H-pyrrole nitrogens is 1. The van der Waals surface area contributed by atoms with Gasteiger partial charge in [-0.2, -0.15) is 5.10 Å². The van der Waals surface area contributed by atoms with Gasteiger partial charge in [-0.25, -0.2) is 0 Å². The van der Waals surface area contributed by atoms with Crippen LogP contribution in [0.25, 0.3) is 0 Å². The number of hydrogen-bond acceptors (Lipinski definition) is 4. The molecule has 0 aliphatic carbocycles. The topological polar surface area (TPSA) is 70.2 Å². The Bertz CT molecular complexity index is 630. The van der Waals surface area contributed by atoms with Gasteiger partial charge in [-0.3, -0.25) is 14.8 Å². The highest BCUT2D eigenvalue weighted by atomic mass is 16.5. The van der Waals surface area contributed by atoms with E-state index in [4.69, 9.17) is 4.74 Å². The number of nitrogens with zero attached hydrogens (tertiary/aromatic N) is 2. The lowest BCUT2D eigenvalue weighted by molar-refractivity contribution is -0.0483.